The van der Waals surface area contributed by atoms with Gasteiger partial charge in [-0.15, -0.1) is 0 Å². The van der Waals surface area contributed by atoms with Gasteiger partial charge in [0.25, 0.3) is 11.7 Å². The molecule has 6 nitrogen and oxygen atoms in total. The number of carbonyl (C=O) groups is 2. The fourth-order valence-electron chi connectivity index (χ4n) is 4.00. The molecule has 0 aliphatic carbocycles. The molecule has 4 rings (SSSR count). The second-order valence-electron chi connectivity index (χ2n) is 7.57. The number of aliphatic hydroxyl groups excluding tert-OH is 1. The minimum Gasteiger partial charge on any atom is -0.507 e. The van der Waals surface area contributed by atoms with Crippen LogP contribution in [0.4, 0.5) is 5.69 Å². The zero-order chi connectivity index (χ0) is 23.0. The van der Waals surface area contributed by atoms with Gasteiger partial charge < -0.3 is 9.84 Å². The maximum Gasteiger partial charge on any atom is 0.300 e. The normalized spacial score (nSPS) is 17.6. The minimum atomic E-state index is -0.843. The first kappa shape index (κ1) is 21.6. The summed E-state index contributed by atoms with van der Waals surface area (Å²) in [5, 5.41) is 11.8. The monoisotopic (exact) mass is 448 g/mol. The van der Waals surface area contributed by atoms with E-state index in [2.05, 4.69) is 4.98 Å². The summed E-state index contributed by atoms with van der Waals surface area (Å²) in [6, 6.07) is 12.9. The number of amides is 1. The van der Waals surface area contributed by atoms with Crippen molar-refractivity contribution in [1.82, 2.24) is 4.98 Å². The lowest BCUT2D eigenvalue weighted by molar-refractivity contribution is -0.132. The average Bonchev–Trinajstić information content (AvgIpc) is 3.04. The van der Waals surface area contributed by atoms with Crippen molar-refractivity contribution in [2.45, 2.75) is 19.9 Å². The van der Waals surface area contributed by atoms with Crippen LogP contribution in [0.15, 0.2) is 66.5 Å². The largest absolute Gasteiger partial charge is 0.507 e. The van der Waals surface area contributed by atoms with Crippen LogP contribution in [0, 0.1) is 13.8 Å². The fraction of sp³-hybridized carbons (Fsp3) is 0.160. The molecule has 1 fully saturated rings. The predicted molar refractivity (Wildman–Crippen MR) is 123 cm³/mol. The SMILES string of the molecule is COc1ccc(/C(O)=C2\C(=O)C(=O)N(c3ccc(Cl)cc3C)C2c2cccnc2)c(C)c1. The van der Waals surface area contributed by atoms with Crippen molar-refractivity contribution in [1.29, 1.82) is 0 Å². The van der Waals surface area contributed by atoms with Crippen molar-refractivity contribution in [2.75, 3.05) is 12.0 Å². The second-order valence-corrected chi connectivity index (χ2v) is 8.00. The van der Waals surface area contributed by atoms with Crippen LogP contribution in [0.1, 0.15) is 28.3 Å². The number of Topliss-reactive ketones (excluding diaryl/α,β-unsaturated/α-hetero) is 1. The molecule has 2 heterocycles. The van der Waals surface area contributed by atoms with Crippen LogP contribution in [0.25, 0.3) is 5.76 Å². The highest BCUT2D eigenvalue weighted by Gasteiger charge is 2.47. The standard InChI is InChI=1S/C25H21ClN2O4/c1-14-12-18(32-3)7-8-19(14)23(29)21-22(16-5-4-10-27-13-16)28(25(31)24(21)30)20-9-6-17(26)11-15(20)2/h4-13,22,29H,1-3H3/b23-21+. The van der Waals surface area contributed by atoms with Gasteiger partial charge in [-0.25, -0.2) is 0 Å². The van der Waals surface area contributed by atoms with E-state index in [-0.39, 0.29) is 11.3 Å². The number of anilines is 1. The Hall–Kier alpha value is -3.64. The number of carbonyl (C=O) groups excluding carboxylic acids is 2. The lowest BCUT2D eigenvalue weighted by atomic mass is 9.94. The Morgan fingerprint density at radius 2 is 1.88 bits per heavy atom. The number of hydrogen-bond donors (Lipinski definition) is 1. The summed E-state index contributed by atoms with van der Waals surface area (Å²) in [7, 11) is 1.55. The lowest BCUT2D eigenvalue weighted by Crippen LogP contribution is -2.30. The molecule has 1 atom stereocenters. The Morgan fingerprint density at radius 1 is 1.09 bits per heavy atom. The van der Waals surface area contributed by atoms with E-state index >= 15 is 0 Å². The lowest BCUT2D eigenvalue weighted by Gasteiger charge is -2.26. The van der Waals surface area contributed by atoms with Crippen LogP contribution in [-0.4, -0.2) is 28.9 Å². The third-order valence-corrected chi connectivity index (χ3v) is 5.79. The number of ether oxygens (including phenoxy) is 1. The Labute approximate surface area is 190 Å². The van der Waals surface area contributed by atoms with E-state index in [0.717, 1.165) is 5.56 Å². The van der Waals surface area contributed by atoms with Crippen LogP contribution in [-0.2, 0) is 9.59 Å². The van der Waals surface area contributed by atoms with Gasteiger partial charge in [0.2, 0.25) is 0 Å². The van der Waals surface area contributed by atoms with Gasteiger partial charge in [0.15, 0.2) is 0 Å². The molecular weight excluding hydrogens is 428 g/mol. The van der Waals surface area contributed by atoms with Crippen molar-refractivity contribution in [2.24, 2.45) is 0 Å². The van der Waals surface area contributed by atoms with Crippen molar-refractivity contribution in [3.8, 4) is 5.75 Å². The first-order valence-electron chi connectivity index (χ1n) is 9.95. The number of methoxy groups -OCH3 is 1. The van der Waals surface area contributed by atoms with Gasteiger partial charge in [-0.1, -0.05) is 17.7 Å². The predicted octanol–water partition coefficient (Wildman–Crippen LogP) is 4.99. The number of halogens is 1. The van der Waals surface area contributed by atoms with E-state index < -0.39 is 17.7 Å². The van der Waals surface area contributed by atoms with Crippen molar-refractivity contribution >= 4 is 34.7 Å². The van der Waals surface area contributed by atoms with Gasteiger partial charge in [-0.3, -0.25) is 19.5 Å². The van der Waals surface area contributed by atoms with Crippen molar-refractivity contribution < 1.29 is 19.4 Å². The molecule has 1 unspecified atom stereocenters. The van der Waals surface area contributed by atoms with Crippen LogP contribution in [0.3, 0.4) is 0 Å². The van der Waals surface area contributed by atoms with Gasteiger partial charge in [0.05, 0.1) is 18.7 Å². The number of rotatable bonds is 4. The van der Waals surface area contributed by atoms with Crippen molar-refractivity contribution in [3.05, 3.63) is 93.8 Å². The maximum absolute atomic E-state index is 13.2. The summed E-state index contributed by atoms with van der Waals surface area (Å²) in [5.74, 6) is -1.11. The number of ketones is 1. The van der Waals surface area contributed by atoms with E-state index in [9.17, 15) is 14.7 Å². The second kappa shape index (κ2) is 8.48. The zero-order valence-corrected chi connectivity index (χ0v) is 18.6. The molecule has 0 radical (unpaired) electrons. The molecular formula is C25H21ClN2O4. The van der Waals surface area contributed by atoms with Crippen LogP contribution in [0.5, 0.6) is 5.75 Å². The number of nitrogens with zero attached hydrogens (tertiary/aromatic N) is 2. The van der Waals surface area contributed by atoms with Crippen LogP contribution >= 0.6 is 11.6 Å². The number of pyridine rings is 1. The Kier molecular flexibility index (Phi) is 5.72. The average molecular weight is 449 g/mol. The molecule has 32 heavy (non-hydrogen) atoms. The minimum absolute atomic E-state index is 0.00520. The number of benzene rings is 2. The Bertz CT molecular complexity index is 1250. The summed E-state index contributed by atoms with van der Waals surface area (Å²) >= 11 is 6.10. The first-order chi connectivity index (χ1) is 15.3. The van der Waals surface area contributed by atoms with Gasteiger partial charge >= 0.3 is 0 Å². The van der Waals surface area contributed by atoms with Gasteiger partial charge in [0, 0.05) is 28.7 Å². The summed E-state index contributed by atoms with van der Waals surface area (Å²) in [6.45, 7) is 3.62. The highest BCUT2D eigenvalue weighted by atomic mass is 35.5. The Morgan fingerprint density at radius 3 is 2.50 bits per heavy atom. The summed E-state index contributed by atoms with van der Waals surface area (Å²) in [4.78, 5) is 32.0. The van der Waals surface area contributed by atoms with Crippen molar-refractivity contribution in [3.63, 3.8) is 0 Å². The molecule has 1 saturated heterocycles. The van der Waals surface area contributed by atoms with E-state index in [1.165, 1.54) is 4.90 Å². The molecule has 0 bridgehead atoms. The van der Waals surface area contributed by atoms with E-state index in [4.69, 9.17) is 16.3 Å². The third-order valence-electron chi connectivity index (χ3n) is 5.55. The zero-order valence-electron chi connectivity index (χ0n) is 17.8. The molecule has 0 spiro atoms. The molecule has 2 aromatic carbocycles. The maximum atomic E-state index is 13.2. The molecule has 7 heteroatoms. The van der Waals surface area contributed by atoms with Crippen LogP contribution < -0.4 is 9.64 Å². The molecule has 0 saturated carbocycles. The molecule has 1 aromatic heterocycles. The van der Waals surface area contributed by atoms with Gasteiger partial charge in [-0.2, -0.15) is 0 Å². The fourth-order valence-corrected chi connectivity index (χ4v) is 4.22. The van der Waals surface area contributed by atoms with Gasteiger partial charge in [0.1, 0.15) is 11.5 Å². The molecule has 1 aliphatic rings. The first-order valence-corrected chi connectivity index (χ1v) is 10.3. The van der Waals surface area contributed by atoms with Gasteiger partial charge in [-0.05, 0) is 73.0 Å². The number of hydrogen-bond acceptors (Lipinski definition) is 5. The third kappa shape index (κ3) is 3.63. The number of aromatic nitrogens is 1. The van der Waals surface area contributed by atoms with E-state index in [1.807, 2.05) is 6.92 Å². The summed E-state index contributed by atoms with van der Waals surface area (Å²) in [6.07, 6.45) is 3.19. The highest BCUT2D eigenvalue weighted by molar-refractivity contribution is 6.51. The summed E-state index contributed by atoms with van der Waals surface area (Å²) in [5.41, 5.74) is 3.04. The molecule has 1 N–H and O–H groups in total. The summed E-state index contributed by atoms with van der Waals surface area (Å²) < 4.78 is 5.24. The highest BCUT2D eigenvalue weighted by Crippen LogP contribution is 2.43. The smallest absolute Gasteiger partial charge is 0.300 e. The topological polar surface area (TPSA) is 79.7 Å². The quantitative estimate of drug-likeness (QED) is 0.345. The molecule has 1 aliphatic heterocycles. The molecule has 162 valence electrons. The number of aliphatic hydroxyl groups is 1. The van der Waals surface area contributed by atoms with E-state index in [1.54, 1.807) is 75.0 Å². The van der Waals surface area contributed by atoms with Crippen LogP contribution in [0.2, 0.25) is 5.02 Å². The molecule has 1 amide bonds. The number of aryl methyl sites for hydroxylation is 2. The Balaban J connectivity index is 1.96. The molecule has 3 aromatic rings. The van der Waals surface area contributed by atoms with E-state index in [0.29, 0.717) is 33.1 Å².